The van der Waals surface area contributed by atoms with Gasteiger partial charge in [0.2, 0.25) is 0 Å². The minimum atomic E-state index is -3.30. The summed E-state index contributed by atoms with van der Waals surface area (Å²) in [5, 5.41) is 0. The summed E-state index contributed by atoms with van der Waals surface area (Å²) in [6, 6.07) is 13.0. The Hall–Kier alpha value is -3.13. The molecule has 0 fully saturated rings. The van der Waals surface area contributed by atoms with Crippen molar-refractivity contribution >= 4 is 26.7 Å². The van der Waals surface area contributed by atoms with Gasteiger partial charge >= 0.3 is 0 Å². The van der Waals surface area contributed by atoms with E-state index >= 15 is 0 Å². The van der Waals surface area contributed by atoms with Crippen molar-refractivity contribution in [2.24, 2.45) is 0 Å². The molecule has 3 aromatic heterocycles. The Kier molecular flexibility index (Phi) is 5.11. The molecule has 0 aliphatic carbocycles. The van der Waals surface area contributed by atoms with E-state index in [-0.39, 0.29) is 18.1 Å². The van der Waals surface area contributed by atoms with Gasteiger partial charge in [-0.3, -0.25) is 4.79 Å². The lowest BCUT2D eigenvalue weighted by Crippen LogP contribution is -2.16. The van der Waals surface area contributed by atoms with Crippen molar-refractivity contribution in [3.63, 3.8) is 0 Å². The van der Waals surface area contributed by atoms with Crippen LogP contribution in [0.5, 0.6) is 0 Å². The number of furan rings is 1. The molecule has 0 atom stereocenters. The first-order valence-electron chi connectivity index (χ1n) is 9.57. The highest BCUT2D eigenvalue weighted by Gasteiger charge is 2.21. The highest BCUT2D eigenvalue weighted by atomic mass is 32.2. The number of sulfone groups is 1. The minimum absolute atomic E-state index is 0.0242. The molecule has 156 valence electrons. The van der Waals surface area contributed by atoms with E-state index in [2.05, 4.69) is 4.98 Å². The van der Waals surface area contributed by atoms with E-state index < -0.39 is 9.84 Å². The highest BCUT2D eigenvalue weighted by molar-refractivity contribution is 7.89. The third-order valence-corrected chi connectivity index (χ3v) is 5.98. The Morgan fingerprint density at radius 2 is 1.87 bits per heavy atom. The minimum Gasteiger partial charge on any atom is -0.467 e. The van der Waals surface area contributed by atoms with Crippen LogP contribution in [0.15, 0.2) is 53.1 Å². The molecule has 0 bridgehead atoms. The number of nitrogens with zero attached hydrogens (tertiary/aromatic N) is 3. The van der Waals surface area contributed by atoms with E-state index in [9.17, 15) is 13.2 Å². The highest BCUT2D eigenvalue weighted by Crippen LogP contribution is 2.22. The molecule has 1 aromatic carbocycles. The number of benzene rings is 1. The van der Waals surface area contributed by atoms with Crippen LogP contribution in [0.2, 0.25) is 0 Å². The smallest absolute Gasteiger partial charge is 0.184 e. The second-order valence-corrected chi connectivity index (χ2v) is 9.69. The number of fused-ring (bicyclic) bond motifs is 1. The summed E-state index contributed by atoms with van der Waals surface area (Å²) in [5.41, 5.74) is 3.84. The number of aromatic nitrogens is 3. The van der Waals surface area contributed by atoms with Crippen LogP contribution in [0, 0.1) is 13.8 Å². The van der Waals surface area contributed by atoms with Gasteiger partial charge in [-0.25, -0.2) is 13.4 Å². The Morgan fingerprint density at radius 1 is 1.10 bits per heavy atom. The van der Waals surface area contributed by atoms with Crippen LogP contribution >= 0.6 is 0 Å². The van der Waals surface area contributed by atoms with Gasteiger partial charge in [-0.2, -0.15) is 0 Å². The van der Waals surface area contributed by atoms with Crippen molar-refractivity contribution in [2.45, 2.75) is 32.7 Å². The second kappa shape index (κ2) is 7.60. The Balaban J connectivity index is 1.69. The number of aryl methyl sites for hydroxylation is 1. The number of rotatable bonds is 7. The molecule has 8 heteroatoms. The number of carbonyl (C=O) groups is 1. The number of para-hydroxylation sites is 2. The van der Waals surface area contributed by atoms with Crippen LogP contribution in [-0.2, 0) is 28.7 Å². The number of imidazole rings is 1. The quantitative estimate of drug-likeness (QED) is 0.423. The van der Waals surface area contributed by atoms with Gasteiger partial charge in [0.15, 0.2) is 15.6 Å². The average Bonchev–Trinajstić information content (AvgIpc) is 3.36. The molecule has 7 nitrogen and oxygen atoms in total. The van der Waals surface area contributed by atoms with Gasteiger partial charge in [0.25, 0.3) is 0 Å². The van der Waals surface area contributed by atoms with E-state index in [0.717, 1.165) is 22.7 Å². The summed E-state index contributed by atoms with van der Waals surface area (Å²) in [4.78, 5) is 17.7. The number of carbonyl (C=O) groups excluding carboxylic acids is 1. The lowest BCUT2D eigenvalue weighted by molar-refractivity contribution is 0.0971. The zero-order valence-corrected chi connectivity index (χ0v) is 17.9. The third-order valence-electron chi connectivity index (χ3n) is 5.19. The molecule has 30 heavy (non-hydrogen) atoms. The van der Waals surface area contributed by atoms with Crippen LogP contribution in [0.1, 0.15) is 33.3 Å². The predicted octanol–water partition coefficient (Wildman–Crippen LogP) is 3.52. The number of Topliss-reactive ketones (excluding diaryl/α,β-unsaturated/α-hetero) is 1. The van der Waals surface area contributed by atoms with Gasteiger partial charge in [-0.05, 0) is 44.2 Å². The topological polar surface area (TPSA) is 87.1 Å². The van der Waals surface area contributed by atoms with Gasteiger partial charge in [0, 0.05) is 23.2 Å². The van der Waals surface area contributed by atoms with Crippen molar-refractivity contribution in [1.29, 1.82) is 0 Å². The molecule has 0 aliphatic heterocycles. The van der Waals surface area contributed by atoms with Crippen molar-refractivity contribution in [3.8, 4) is 0 Å². The van der Waals surface area contributed by atoms with Crippen LogP contribution in [0.25, 0.3) is 11.0 Å². The summed E-state index contributed by atoms with van der Waals surface area (Å²) < 4.78 is 33.0. The van der Waals surface area contributed by atoms with Gasteiger partial charge in [-0.1, -0.05) is 12.1 Å². The standard InChI is InChI=1S/C22H23N3O4S/c1-15-11-18(16(2)24(15)12-17-7-6-10-29-17)21(26)13-25-20-9-5-4-8-19(20)23-22(25)14-30(3,27)28/h4-11H,12-14H2,1-3H3. The molecule has 3 heterocycles. The largest absolute Gasteiger partial charge is 0.467 e. The van der Waals surface area contributed by atoms with E-state index in [1.807, 2.05) is 60.9 Å². The summed E-state index contributed by atoms with van der Waals surface area (Å²) in [7, 11) is -3.30. The van der Waals surface area contributed by atoms with Crippen molar-refractivity contribution < 1.29 is 17.6 Å². The number of hydrogen-bond donors (Lipinski definition) is 0. The van der Waals surface area contributed by atoms with Crippen LogP contribution < -0.4 is 0 Å². The molecule has 0 spiro atoms. The molecule has 0 saturated heterocycles. The first-order chi connectivity index (χ1) is 14.2. The third kappa shape index (κ3) is 3.95. The Morgan fingerprint density at radius 3 is 2.57 bits per heavy atom. The summed E-state index contributed by atoms with van der Waals surface area (Å²) in [6.07, 6.45) is 2.80. The van der Waals surface area contributed by atoms with Crippen molar-refractivity contribution in [2.75, 3.05) is 6.26 Å². The molecule has 0 aliphatic rings. The summed E-state index contributed by atoms with van der Waals surface area (Å²) >= 11 is 0. The fourth-order valence-electron chi connectivity index (χ4n) is 3.76. The van der Waals surface area contributed by atoms with E-state index in [4.69, 9.17) is 4.42 Å². The lowest BCUT2D eigenvalue weighted by atomic mass is 10.1. The molecule has 0 radical (unpaired) electrons. The maximum Gasteiger partial charge on any atom is 0.184 e. The van der Waals surface area contributed by atoms with Gasteiger partial charge < -0.3 is 13.6 Å². The SMILES string of the molecule is Cc1cc(C(=O)Cn2c(CS(C)(=O)=O)nc3ccccc32)c(C)n1Cc1ccco1. The molecular weight excluding hydrogens is 402 g/mol. The van der Waals surface area contributed by atoms with Crippen molar-refractivity contribution in [3.05, 3.63) is 77.3 Å². The van der Waals surface area contributed by atoms with Gasteiger partial charge in [0.1, 0.15) is 17.3 Å². The molecule has 0 unspecified atom stereocenters. The summed E-state index contributed by atoms with van der Waals surface area (Å²) in [5.74, 6) is 0.877. The maximum atomic E-state index is 13.2. The first-order valence-corrected chi connectivity index (χ1v) is 11.6. The normalized spacial score (nSPS) is 12.0. The van der Waals surface area contributed by atoms with Crippen LogP contribution in [-0.4, -0.2) is 34.6 Å². The monoisotopic (exact) mass is 425 g/mol. The fraction of sp³-hybridized carbons (Fsp3) is 0.273. The van der Waals surface area contributed by atoms with E-state index in [1.54, 1.807) is 10.8 Å². The van der Waals surface area contributed by atoms with Gasteiger partial charge in [-0.15, -0.1) is 0 Å². The van der Waals surface area contributed by atoms with E-state index in [0.29, 0.717) is 23.4 Å². The fourth-order valence-corrected chi connectivity index (χ4v) is 4.45. The van der Waals surface area contributed by atoms with Crippen molar-refractivity contribution in [1.82, 2.24) is 14.1 Å². The zero-order chi connectivity index (χ0) is 21.5. The Bertz CT molecular complexity index is 1330. The molecule has 4 rings (SSSR count). The molecule has 0 amide bonds. The Labute approximate surface area is 174 Å². The number of ketones is 1. The molecule has 4 aromatic rings. The molecular formula is C22H23N3O4S. The first kappa shape index (κ1) is 20.2. The second-order valence-electron chi connectivity index (χ2n) is 7.55. The lowest BCUT2D eigenvalue weighted by Gasteiger charge is -2.10. The van der Waals surface area contributed by atoms with Crippen LogP contribution in [0.3, 0.4) is 0 Å². The summed E-state index contributed by atoms with van der Waals surface area (Å²) in [6.45, 7) is 4.43. The van der Waals surface area contributed by atoms with Crippen LogP contribution in [0.4, 0.5) is 0 Å². The molecule has 0 N–H and O–H groups in total. The molecule has 0 saturated carbocycles. The maximum absolute atomic E-state index is 13.2. The zero-order valence-electron chi connectivity index (χ0n) is 17.1. The van der Waals surface area contributed by atoms with E-state index in [1.165, 1.54) is 6.26 Å². The average molecular weight is 426 g/mol. The predicted molar refractivity (Wildman–Crippen MR) is 114 cm³/mol. The number of hydrogen-bond acceptors (Lipinski definition) is 5. The van der Waals surface area contributed by atoms with Gasteiger partial charge in [0.05, 0.1) is 30.4 Å².